The van der Waals surface area contributed by atoms with Crippen molar-refractivity contribution in [3.05, 3.63) is 35.9 Å². The first-order chi connectivity index (χ1) is 22.0. The summed E-state index contributed by atoms with van der Waals surface area (Å²) in [5, 5.41) is 9.19. The van der Waals surface area contributed by atoms with E-state index < -0.39 is 41.7 Å². The minimum Gasteiger partial charge on any atom is -0.480 e. The van der Waals surface area contributed by atoms with Gasteiger partial charge in [0.15, 0.2) is 11.6 Å². The number of fused-ring (bicyclic) bond motifs is 3. The summed E-state index contributed by atoms with van der Waals surface area (Å²) < 4.78 is 67.0. The lowest BCUT2D eigenvalue weighted by Crippen LogP contribution is -2.56. The van der Waals surface area contributed by atoms with Gasteiger partial charge in [-0.1, -0.05) is 0 Å². The molecule has 0 radical (unpaired) electrons. The third-order valence-electron chi connectivity index (χ3n) is 10.6. The minimum absolute atomic E-state index is 0.0320. The molecule has 5 aliphatic carbocycles. The van der Waals surface area contributed by atoms with Crippen LogP contribution in [0.4, 0.5) is 29.1 Å². The Balaban J connectivity index is 1.07. The molecule has 46 heavy (non-hydrogen) atoms. The van der Waals surface area contributed by atoms with E-state index in [0.717, 1.165) is 83.0 Å². The zero-order valence-corrected chi connectivity index (χ0v) is 25.2. The van der Waals surface area contributed by atoms with Gasteiger partial charge in [0.2, 0.25) is 11.8 Å². The number of halogens is 4. The molecule has 4 bridgehead atoms. The lowest BCUT2D eigenvalue weighted by molar-refractivity contribution is -0.275. The summed E-state index contributed by atoms with van der Waals surface area (Å²) in [5.41, 5.74) is 0.247. The lowest BCUT2D eigenvalue weighted by Gasteiger charge is -2.49. The summed E-state index contributed by atoms with van der Waals surface area (Å²) >= 11 is 0. The fourth-order valence-corrected chi connectivity index (χ4v) is 8.66. The van der Waals surface area contributed by atoms with E-state index in [9.17, 15) is 27.2 Å². The van der Waals surface area contributed by atoms with Crippen LogP contribution in [0.25, 0.3) is 0 Å². The van der Waals surface area contributed by atoms with Crippen LogP contribution in [-0.4, -0.2) is 84.1 Å². The number of methoxy groups -OCH3 is 1. The van der Waals surface area contributed by atoms with Crippen LogP contribution in [0.2, 0.25) is 0 Å². The van der Waals surface area contributed by atoms with Crippen molar-refractivity contribution in [2.75, 3.05) is 44.0 Å². The highest BCUT2D eigenvalue weighted by Gasteiger charge is 2.59. The molecule has 5 atom stereocenters. The number of anilines is 2. The number of benzene rings is 1. The van der Waals surface area contributed by atoms with Gasteiger partial charge in [0.05, 0.1) is 26.2 Å². The fourth-order valence-electron chi connectivity index (χ4n) is 8.66. The van der Waals surface area contributed by atoms with Gasteiger partial charge in [0.1, 0.15) is 17.7 Å². The standard InChI is InChI=1S/C31H36F4N6O5/c1-44-29-24(26(36-15-37-29)39-21-14-30(12-18(21)13-30)41-6-8-45-9-7-41)28(43)40-25-17-3-2-16(10-17)23(25)27(42)38-19-4-5-20(32)22(11-19)46-31(33,34)35/h4-5,11,15-18,21,23,25H,2-3,6-10,12-14H2,1H3,(H,38,42)(H,40,43)(H,36,37,39)/t16-,17+,18?,21?,23+,25-,30?/m1/s1. The monoisotopic (exact) mass is 648 g/mol. The van der Waals surface area contributed by atoms with Crippen LogP contribution in [0.15, 0.2) is 24.5 Å². The lowest BCUT2D eigenvalue weighted by atomic mass is 9.75. The second-order valence-electron chi connectivity index (χ2n) is 13.1. The number of hydrogen-bond donors (Lipinski definition) is 3. The topological polar surface area (TPSA) is 127 Å². The molecular weight excluding hydrogens is 612 g/mol. The predicted octanol–water partition coefficient (Wildman–Crippen LogP) is 3.97. The minimum atomic E-state index is -5.10. The van der Waals surface area contributed by atoms with Crippen LogP contribution >= 0.6 is 0 Å². The number of morpholine rings is 1. The van der Waals surface area contributed by atoms with Crippen LogP contribution in [0.3, 0.4) is 0 Å². The number of alkyl halides is 3. The highest BCUT2D eigenvalue weighted by atomic mass is 19.4. The van der Waals surface area contributed by atoms with E-state index in [0.29, 0.717) is 11.7 Å². The van der Waals surface area contributed by atoms with E-state index in [1.165, 1.54) is 13.4 Å². The number of carbonyl (C=O) groups excluding carboxylic acids is 2. The van der Waals surface area contributed by atoms with Crippen molar-refractivity contribution in [2.45, 2.75) is 62.5 Å². The molecule has 1 aromatic carbocycles. The predicted molar refractivity (Wildman–Crippen MR) is 156 cm³/mol. The molecule has 5 saturated carbocycles. The average molecular weight is 649 g/mol. The first-order valence-electron chi connectivity index (χ1n) is 15.7. The van der Waals surface area contributed by atoms with Gasteiger partial charge in [-0.25, -0.2) is 14.4 Å². The Labute approximate surface area is 262 Å². The number of ether oxygens (including phenoxy) is 3. The first-order valence-corrected chi connectivity index (χ1v) is 15.7. The molecule has 6 aliphatic rings. The second-order valence-corrected chi connectivity index (χ2v) is 13.1. The molecule has 8 rings (SSSR count). The van der Waals surface area contributed by atoms with Crippen LogP contribution in [0.1, 0.15) is 48.9 Å². The highest BCUT2D eigenvalue weighted by Crippen LogP contribution is 2.56. The van der Waals surface area contributed by atoms with Crippen molar-refractivity contribution in [1.82, 2.24) is 20.2 Å². The van der Waals surface area contributed by atoms with E-state index in [-0.39, 0.29) is 40.5 Å². The molecule has 11 nitrogen and oxygen atoms in total. The third-order valence-corrected chi connectivity index (χ3v) is 10.6. The van der Waals surface area contributed by atoms with Crippen LogP contribution < -0.4 is 25.4 Å². The maximum atomic E-state index is 14.0. The Morgan fingerprint density at radius 1 is 1.07 bits per heavy atom. The molecular formula is C31H36F4N6O5. The number of aromatic nitrogens is 2. The number of hydrogen-bond acceptors (Lipinski definition) is 9. The number of nitrogens with zero attached hydrogens (tertiary/aromatic N) is 3. The van der Waals surface area contributed by atoms with Gasteiger partial charge in [-0.15, -0.1) is 13.2 Å². The van der Waals surface area contributed by atoms with E-state index in [1.54, 1.807) is 0 Å². The van der Waals surface area contributed by atoms with Crippen LogP contribution in [0.5, 0.6) is 11.6 Å². The molecule has 1 aromatic heterocycles. The Morgan fingerprint density at radius 2 is 1.83 bits per heavy atom. The van der Waals surface area contributed by atoms with Gasteiger partial charge < -0.3 is 30.2 Å². The summed E-state index contributed by atoms with van der Waals surface area (Å²) in [5.74, 6) is -2.94. The fraction of sp³-hybridized carbons (Fsp3) is 0.613. The summed E-state index contributed by atoms with van der Waals surface area (Å²) in [6.45, 7) is 3.29. The Hall–Kier alpha value is -3.72. The molecule has 0 spiro atoms. The quantitative estimate of drug-likeness (QED) is 0.347. The van der Waals surface area contributed by atoms with Gasteiger partial charge in [0.25, 0.3) is 5.91 Å². The molecule has 3 N–H and O–H groups in total. The summed E-state index contributed by atoms with van der Waals surface area (Å²) in [6.07, 6.45) is 1.65. The highest BCUT2D eigenvalue weighted by molar-refractivity contribution is 6.02. The molecule has 15 heteroatoms. The number of nitrogens with one attached hydrogen (secondary N) is 3. The number of carbonyl (C=O) groups is 2. The van der Waals surface area contributed by atoms with Crippen molar-refractivity contribution in [3.63, 3.8) is 0 Å². The normalized spacial score (nSPS) is 31.7. The maximum absolute atomic E-state index is 14.0. The Bertz CT molecular complexity index is 1500. The van der Waals surface area contributed by atoms with Gasteiger partial charge in [-0.05, 0) is 68.4 Å². The summed E-state index contributed by atoms with van der Waals surface area (Å²) in [6, 6.07) is 2.33. The van der Waals surface area contributed by atoms with Crippen LogP contribution in [-0.2, 0) is 9.53 Å². The molecule has 2 amide bonds. The zero-order valence-electron chi connectivity index (χ0n) is 25.2. The van der Waals surface area contributed by atoms with Gasteiger partial charge in [-0.2, -0.15) is 0 Å². The van der Waals surface area contributed by atoms with Gasteiger partial charge in [-0.3, -0.25) is 14.5 Å². The smallest absolute Gasteiger partial charge is 0.480 e. The zero-order chi connectivity index (χ0) is 32.2. The molecule has 2 heterocycles. The van der Waals surface area contributed by atoms with E-state index in [2.05, 4.69) is 35.6 Å². The molecule has 248 valence electrons. The Kier molecular flexibility index (Phi) is 7.94. The van der Waals surface area contributed by atoms with Crippen LogP contribution in [0, 0.1) is 29.5 Å². The van der Waals surface area contributed by atoms with E-state index >= 15 is 0 Å². The van der Waals surface area contributed by atoms with Crippen molar-refractivity contribution >= 4 is 23.3 Å². The molecule has 1 aliphatic heterocycles. The largest absolute Gasteiger partial charge is 0.573 e. The molecule has 1 unspecified atom stereocenters. The number of amides is 2. The van der Waals surface area contributed by atoms with Crippen molar-refractivity contribution in [3.8, 4) is 11.6 Å². The first kappa shape index (κ1) is 30.9. The molecule has 6 fully saturated rings. The van der Waals surface area contributed by atoms with Gasteiger partial charge >= 0.3 is 6.36 Å². The summed E-state index contributed by atoms with van der Waals surface area (Å²) in [4.78, 5) is 38.7. The van der Waals surface area contributed by atoms with Gasteiger partial charge in [0, 0.05) is 42.5 Å². The molecule has 1 saturated heterocycles. The van der Waals surface area contributed by atoms with E-state index in [4.69, 9.17) is 9.47 Å². The van der Waals surface area contributed by atoms with Crippen molar-refractivity contribution in [2.24, 2.45) is 23.7 Å². The SMILES string of the molecule is COc1ncnc(NC2CC3(N4CCOCC4)CC2C3)c1C(=O)N[C@@H]1[C@H]2CC[C@H](C2)[C@@H]1C(=O)Nc1ccc(F)c(OC(F)(F)F)c1. The van der Waals surface area contributed by atoms with Crippen molar-refractivity contribution < 1.29 is 41.4 Å². The Morgan fingerprint density at radius 3 is 2.57 bits per heavy atom. The number of rotatable bonds is 9. The molecule has 2 aromatic rings. The third kappa shape index (κ3) is 5.72. The average Bonchev–Trinajstić information content (AvgIpc) is 3.78. The maximum Gasteiger partial charge on any atom is 0.573 e. The van der Waals surface area contributed by atoms with E-state index in [1.807, 2.05) is 0 Å². The van der Waals surface area contributed by atoms with Crippen molar-refractivity contribution in [1.29, 1.82) is 0 Å². The second kappa shape index (κ2) is 11.8. The summed E-state index contributed by atoms with van der Waals surface area (Å²) in [7, 11) is 1.43.